The van der Waals surface area contributed by atoms with Crippen molar-refractivity contribution in [2.24, 2.45) is 0 Å². The van der Waals surface area contributed by atoms with Crippen LogP contribution < -0.4 is 10.5 Å². The molecule has 36 heavy (non-hydrogen) atoms. The molecule has 0 radical (unpaired) electrons. The molecule has 1 aromatic carbocycles. The Morgan fingerprint density at radius 3 is 1.39 bits per heavy atom. The summed E-state index contributed by atoms with van der Waals surface area (Å²) in [6.07, 6.45) is 32.2. The quantitative estimate of drug-likeness (QED) is 0.101. The van der Waals surface area contributed by atoms with Gasteiger partial charge in [-0.3, -0.25) is 0 Å². The van der Waals surface area contributed by atoms with Crippen LogP contribution in [0.15, 0.2) is 12.1 Å². The fourth-order valence-electron chi connectivity index (χ4n) is 5.16. The number of hydrogen-bond acceptors (Lipinski definition) is 2. The second-order valence-corrected chi connectivity index (χ2v) is 11.2. The largest absolute Gasteiger partial charge is 0.491 e. The number of anilines is 1. The van der Waals surface area contributed by atoms with Crippen molar-refractivity contribution >= 4 is 5.69 Å². The molecule has 0 saturated heterocycles. The Kier molecular flexibility index (Phi) is 22.1. The van der Waals surface area contributed by atoms with E-state index in [1.165, 1.54) is 140 Å². The Hall–Kier alpha value is -1.18. The third-order valence-corrected chi connectivity index (χ3v) is 7.66. The first kappa shape index (κ1) is 32.8. The fourth-order valence-corrected chi connectivity index (χ4v) is 5.16. The molecule has 0 amide bonds. The second-order valence-electron chi connectivity index (χ2n) is 11.2. The predicted octanol–water partition coefficient (Wildman–Crippen LogP) is 11.4. The fraction of sp³-hybridized carbons (Fsp3) is 0.824. The summed E-state index contributed by atoms with van der Waals surface area (Å²) in [5, 5.41) is 0. The molecule has 0 spiro atoms. The number of benzene rings is 1. The molecule has 1 rings (SSSR count). The zero-order valence-corrected chi connectivity index (χ0v) is 24.8. The highest BCUT2D eigenvalue weighted by atomic mass is 16.5. The number of ether oxygens (including phenoxy) is 1. The molecule has 0 fully saturated rings. The molecule has 0 atom stereocenters. The van der Waals surface area contributed by atoms with Gasteiger partial charge in [0.2, 0.25) is 0 Å². The van der Waals surface area contributed by atoms with Crippen LogP contribution in [-0.2, 0) is 12.8 Å². The Bertz CT molecular complexity index is 611. The normalized spacial score (nSPS) is 11.3. The highest BCUT2D eigenvalue weighted by molar-refractivity contribution is 5.60. The zero-order chi connectivity index (χ0) is 26.1. The number of aryl methyl sites for hydroxylation is 2. The van der Waals surface area contributed by atoms with Gasteiger partial charge in [0.05, 0.1) is 12.3 Å². The van der Waals surface area contributed by atoms with Crippen LogP contribution in [-0.4, -0.2) is 6.61 Å². The summed E-state index contributed by atoms with van der Waals surface area (Å²) in [5.74, 6) is 0.940. The van der Waals surface area contributed by atoms with Crippen LogP contribution in [0, 0.1) is 0 Å². The molecule has 0 aliphatic heterocycles. The van der Waals surface area contributed by atoms with E-state index in [1.54, 1.807) is 0 Å². The molecule has 2 N–H and O–H groups in total. The lowest BCUT2D eigenvalue weighted by atomic mass is 9.97. The maximum absolute atomic E-state index is 6.58. The van der Waals surface area contributed by atoms with Crippen molar-refractivity contribution in [2.75, 3.05) is 12.3 Å². The van der Waals surface area contributed by atoms with E-state index >= 15 is 0 Å². The average molecular weight is 502 g/mol. The molecule has 2 nitrogen and oxygen atoms in total. The first-order valence-corrected chi connectivity index (χ1v) is 16.3. The topological polar surface area (TPSA) is 35.2 Å². The number of unbranched alkanes of at least 4 members (excludes halogenated alkanes) is 19. The summed E-state index contributed by atoms with van der Waals surface area (Å²) in [6.45, 7) is 7.58. The molecular weight excluding hydrogens is 438 g/mol. The van der Waals surface area contributed by atoms with Crippen molar-refractivity contribution in [2.45, 2.75) is 175 Å². The molecule has 0 aliphatic carbocycles. The maximum atomic E-state index is 6.58. The smallest absolute Gasteiger partial charge is 0.142 e. The lowest BCUT2D eigenvalue weighted by Crippen LogP contribution is -2.05. The van der Waals surface area contributed by atoms with Gasteiger partial charge >= 0.3 is 0 Å². The lowest BCUT2D eigenvalue weighted by Gasteiger charge is -2.15. The number of nitrogens with two attached hydrogens (primary N) is 1. The standard InChI is InChI=1S/C34H63NO/c1-4-7-10-12-14-16-18-20-22-24-26-31-29-32(34(35)33(30-31)36-28-9-6-3)27-25-23-21-19-17-15-13-11-8-5-2/h29-30H,4-28,35H2,1-3H3. The van der Waals surface area contributed by atoms with Crippen LogP contribution >= 0.6 is 0 Å². The number of hydrogen-bond donors (Lipinski definition) is 1. The minimum atomic E-state index is 0.778. The predicted molar refractivity (Wildman–Crippen MR) is 162 cm³/mol. The molecule has 210 valence electrons. The van der Waals surface area contributed by atoms with E-state index in [0.717, 1.165) is 43.7 Å². The van der Waals surface area contributed by atoms with Crippen LogP contribution in [0.25, 0.3) is 0 Å². The maximum Gasteiger partial charge on any atom is 0.142 e. The Morgan fingerprint density at radius 2 is 0.917 bits per heavy atom. The van der Waals surface area contributed by atoms with E-state index < -0.39 is 0 Å². The van der Waals surface area contributed by atoms with Crippen molar-refractivity contribution < 1.29 is 4.74 Å². The molecule has 0 bridgehead atoms. The van der Waals surface area contributed by atoms with Gasteiger partial charge < -0.3 is 10.5 Å². The first-order chi connectivity index (χ1) is 17.7. The van der Waals surface area contributed by atoms with Gasteiger partial charge in [-0.25, -0.2) is 0 Å². The summed E-state index contributed by atoms with van der Waals surface area (Å²) in [7, 11) is 0. The Labute approximate surface area is 226 Å². The third-order valence-electron chi connectivity index (χ3n) is 7.66. The van der Waals surface area contributed by atoms with Crippen LogP contribution in [0.2, 0.25) is 0 Å². The van der Waals surface area contributed by atoms with Crippen molar-refractivity contribution in [1.82, 2.24) is 0 Å². The molecular formula is C34H63NO. The van der Waals surface area contributed by atoms with E-state index in [1.807, 2.05) is 0 Å². The van der Waals surface area contributed by atoms with Crippen LogP contribution in [0.5, 0.6) is 5.75 Å². The highest BCUT2D eigenvalue weighted by Crippen LogP contribution is 2.30. The van der Waals surface area contributed by atoms with Crippen molar-refractivity contribution in [3.63, 3.8) is 0 Å². The molecule has 1 aromatic rings. The lowest BCUT2D eigenvalue weighted by molar-refractivity contribution is 0.310. The summed E-state index contributed by atoms with van der Waals surface area (Å²) in [5.41, 5.74) is 10.2. The van der Waals surface area contributed by atoms with Gasteiger partial charge in [0.1, 0.15) is 5.75 Å². The van der Waals surface area contributed by atoms with Crippen molar-refractivity contribution in [3.8, 4) is 5.75 Å². The van der Waals surface area contributed by atoms with Gasteiger partial charge in [0, 0.05) is 0 Å². The number of rotatable bonds is 26. The van der Waals surface area contributed by atoms with Crippen LogP contribution in [0.1, 0.15) is 173 Å². The van der Waals surface area contributed by atoms with E-state index in [0.29, 0.717) is 0 Å². The third kappa shape index (κ3) is 17.3. The van der Waals surface area contributed by atoms with Gasteiger partial charge in [0.25, 0.3) is 0 Å². The van der Waals surface area contributed by atoms with Crippen molar-refractivity contribution in [1.29, 1.82) is 0 Å². The van der Waals surface area contributed by atoms with Crippen molar-refractivity contribution in [3.05, 3.63) is 23.3 Å². The monoisotopic (exact) mass is 501 g/mol. The summed E-state index contributed by atoms with van der Waals surface area (Å²) in [6, 6.07) is 4.63. The minimum absolute atomic E-state index is 0.778. The van der Waals surface area contributed by atoms with Gasteiger partial charge in [0.15, 0.2) is 0 Å². The molecule has 0 saturated carbocycles. The average Bonchev–Trinajstić information content (AvgIpc) is 2.88. The van der Waals surface area contributed by atoms with Gasteiger partial charge in [-0.15, -0.1) is 0 Å². The number of nitrogen functional groups attached to an aromatic ring is 1. The van der Waals surface area contributed by atoms with Gasteiger partial charge in [-0.1, -0.05) is 149 Å². The first-order valence-electron chi connectivity index (χ1n) is 16.3. The second kappa shape index (κ2) is 24.2. The van der Waals surface area contributed by atoms with E-state index in [4.69, 9.17) is 10.5 Å². The van der Waals surface area contributed by atoms with E-state index in [9.17, 15) is 0 Å². The molecule has 0 heterocycles. The van der Waals surface area contributed by atoms with Gasteiger partial charge in [-0.2, -0.15) is 0 Å². The zero-order valence-electron chi connectivity index (χ0n) is 24.8. The summed E-state index contributed by atoms with van der Waals surface area (Å²) in [4.78, 5) is 0. The van der Waals surface area contributed by atoms with Crippen LogP contribution in [0.4, 0.5) is 5.69 Å². The Morgan fingerprint density at radius 1 is 0.500 bits per heavy atom. The summed E-state index contributed by atoms with van der Waals surface area (Å²) >= 11 is 0. The van der Waals surface area contributed by atoms with Crippen LogP contribution in [0.3, 0.4) is 0 Å². The minimum Gasteiger partial charge on any atom is -0.491 e. The van der Waals surface area contributed by atoms with E-state index in [2.05, 4.69) is 32.9 Å². The Balaban J connectivity index is 2.38. The van der Waals surface area contributed by atoms with Gasteiger partial charge in [-0.05, 0) is 49.3 Å². The molecule has 0 aromatic heterocycles. The molecule has 0 unspecified atom stereocenters. The SMILES string of the molecule is CCCCCCCCCCCCc1cc(CCCCCCCCCCCC)c(N)c(OCCCC)c1. The highest BCUT2D eigenvalue weighted by Gasteiger charge is 2.10. The summed E-state index contributed by atoms with van der Waals surface area (Å²) < 4.78 is 6.13. The van der Waals surface area contributed by atoms with E-state index in [-0.39, 0.29) is 0 Å². The molecule has 2 heteroatoms. The molecule has 0 aliphatic rings.